The molecule has 0 aliphatic heterocycles. The van der Waals surface area contributed by atoms with Crippen LogP contribution in [-0.2, 0) is 9.37 Å². The molecule has 20 heavy (non-hydrogen) atoms. The molecule has 0 bridgehead atoms. The van der Waals surface area contributed by atoms with Gasteiger partial charge in [0.15, 0.2) is 8.96 Å². The summed E-state index contributed by atoms with van der Waals surface area (Å²) in [7, 11) is 0. The largest absolute Gasteiger partial charge is 1.00 e. The number of ether oxygens (including phenoxy) is 1. The number of nitrogens with zero attached hydrogens (tertiary/aromatic N) is 1. The SMILES string of the molecule is CC(Oc1cccc(SOO[O-])c1)c1n[nH]c(=S)s1.[Na+]. The number of H-pyrrole nitrogens is 1. The van der Waals surface area contributed by atoms with Crippen molar-refractivity contribution in [3.05, 3.63) is 33.2 Å². The van der Waals surface area contributed by atoms with Crippen LogP contribution in [0.1, 0.15) is 18.0 Å². The van der Waals surface area contributed by atoms with E-state index in [0.717, 1.165) is 17.1 Å². The number of aromatic nitrogens is 2. The van der Waals surface area contributed by atoms with Crippen molar-refractivity contribution >= 4 is 35.6 Å². The zero-order chi connectivity index (χ0) is 13.7. The van der Waals surface area contributed by atoms with Gasteiger partial charge in [0, 0.05) is 4.90 Å². The third kappa shape index (κ3) is 5.43. The zero-order valence-corrected chi connectivity index (χ0v) is 15.1. The summed E-state index contributed by atoms with van der Waals surface area (Å²) in [6.07, 6.45) is -0.227. The molecular weight excluding hydrogens is 331 g/mol. The number of aromatic amines is 1. The Balaban J connectivity index is 0.00000200. The van der Waals surface area contributed by atoms with Crippen molar-refractivity contribution in [2.24, 2.45) is 0 Å². The first-order valence-corrected chi connectivity index (χ1v) is 7.11. The number of benzene rings is 1. The van der Waals surface area contributed by atoms with Crippen molar-refractivity contribution in [3.63, 3.8) is 0 Å². The van der Waals surface area contributed by atoms with Gasteiger partial charge in [0.25, 0.3) is 0 Å². The quantitative estimate of drug-likeness (QED) is 0.251. The Labute approximate surface area is 150 Å². The third-order valence-electron chi connectivity index (χ3n) is 2.08. The average Bonchev–Trinajstić information content (AvgIpc) is 2.83. The van der Waals surface area contributed by atoms with Gasteiger partial charge >= 0.3 is 29.6 Å². The van der Waals surface area contributed by atoms with Gasteiger partial charge in [-0.15, -0.1) is 0 Å². The second-order valence-corrected chi connectivity index (χ2v) is 5.88. The van der Waals surface area contributed by atoms with Crippen molar-refractivity contribution < 1.29 is 48.9 Å². The number of nitrogens with one attached hydrogen (secondary N) is 1. The Kier molecular flexibility index (Phi) is 8.25. The Hall–Kier alpha value is 0.0300. The van der Waals surface area contributed by atoms with Gasteiger partial charge in [-0.2, -0.15) is 9.43 Å². The van der Waals surface area contributed by atoms with Gasteiger partial charge in [0.2, 0.25) is 0 Å². The van der Waals surface area contributed by atoms with Crippen molar-refractivity contribution in [2.75, 3.05) is 0 Å². The van der Waals surface area contributed by atoms with Crippen LogP contribution < -0.4 is 39.6 Å². The Morgan fingerprint density at radius 1 is 1.50 bits per heavy atom. The molecule has 10 heteroatoms. The molecule has 0 fully saturated rings. The van der Waals surface area contributed by atoms with Gasteiger partial charge in [0.05, 0.1) is 12.0 Å². The molecule has 2 aromatic rings. The van der Waals surface area contributed by atoms with Crippen molar-refractivity contribution in [1.82, 2.24) is 10.2 Å². The molecule has 1 heterocycles. The van der Waals surface area contributed by atoms with Gasteiger partial charge in [-0.1, -0.05) is 17.4 Å². The molecule has 0 aliphatic rings. The minimum absolute atomic E-state index is 0. The molecule has 1 unspecified atom stereocenters. The van der Waals surface area contributed by atoms with Crippen LogP contribution in [0, 0.1) is 3.95 Å². The number of rotatable bonds is 6. The normalized spacial score (nSPS) is 11.7. The molecule has 1 aromatic carbocycles. The van der Waals surface area contributed by atoms with Crippen LogP contribution in [0.3, 0.4) is 0 Å². The van der Waals surface area contributed by atoms with Gasteiger partial charge in [0.1, 0.15) is 11.9 Å². The average molecular weight is 340 g/mol. The molecule has 0 radical (unpaired) electrons. The van der Waals surface area contributed by atoms with Gasteiger partial charge in [-0.3, -0.25) is 10.1 Å². The Morgan fingerprint density at radius 3 is 2.95 bits per heavy atom. The van der Waals surface area contributed by atoms with Crippen LogP contribution in [0.5, 0.6) is 5.75 Å². The first kappa shape index (κ1) is 18.1. The molecule has 0 saturated heterocycles. The molecule has 1 aromatic heterocycles. The second-order valence-electron chi connectivity index (χ2n) is 3.41. The summed E-state index contributed by atoms with van der Waals surface area (Å²) in [5.74, 6) is 0.633. The molecular formula is C10H9N2NaO4S3. The summed E-state index contributed by atoms with van der Waals surface area (Å²) in [5.41, 5.74) is 0. The minimum Gasteiger partial charge on any atom is -0.691 e. The van der Waals surface area contributed by atoms with Crippen LogP contribution in [0.25, 0.3) is 0 Å². The van der Waals surface area contributed by atoms with Crippen molar-refractivity contribution in [2.45, 2.75) is 17.9 Å². The van der Waals surface area contributed by atoms with E-state index in [-0.39, 0.29) is 35.7 Å². The van der Waals surface area contributed by atoms with E-state index in [9.17, 15) is 5.26 Å². The zero-order valence-electron chi connectivity index (χ0n) is 10.7. The Bertz CT molecular complexity index is 592. The van der Waals surface area contributed by atoms with Crippen molar-refractivity contribution in [1.29, 1.82) is 0 Å². The summed E-state index contributed by atoms with van der Waals surface area (Å²) in [5, 5.41) is 20.6. The fraction of sp³-hybridized carbons (Fsp3) is 0.200. The van der Waals surface area contributed by atoms with Crippen LogP contribution in [-0.4, -0.2) is 10.2 Å². The minimum atomic E-state index is -0.227. The summed E-state index contributed by atoms with van der Waals surface area (Å²) in [4.78, 5) is 0.690. The molecule has 0 aliphatic carbocycles. The summed E-state index contributed by atoms with van der Waals surface area (Å²) < 4.78 is 10.6. The molecule has 1 atom stereocenters. The second kappa shape index (κ2) is 9.13. The van der Waals surface area contributed by atoms with E-state index in [4.69, 9.17) is 17.0 Å². The van der Waals surface area contributed by atoms with Crippen LogP contribution in [0.4, 0.5) is 0 Å². The summed E-state index contributed by atoms with van der Waals surface area (Å²) >= 11 is 7.14. The van der Waals surface area contributed by atoms with Gasteiger partial charge in [-0.25, -0.2) is 0 Å². The number of hydrogen-bond donors (Lipinski definition) is 1. The van der Waals surface area contributed by atoms with E-state index in [0.29, 0.717) is 14.6 Å². The smallest absolute Gasteiger partial charge is 0.691 e. The van der Waals surface area contributed by atoms with Crippen LogP contribution >= 0.6 is 35.6 Å². The standard InChI is InChI=1S/C10H10N2O4S3.Na/c1-6(9-11-12-10(17)18-9)14-7-3-2-4-8(5-7)19-16-15-13;/h2-6,13H,1H3,(H,12,17);/q;+1/p-1. The van der Waals surface area contributed by atoms with E-state index in [1.54, 1.807) is 24.3 Å². The fourth-order valence-corrected chi connectivity index (χ4v) is 2.62. The van der Waals surface area contributed by atoms with E-state index in [1.807, 2.05) is 6.92 Å². The summed E-state index contributed by atoms with van der Waals surface area (Å²) in [6, 6.07) is 7.07. The predicted molar refractivity (Wildman–Crippen MR) is 70.8 cm³/mol. The fourth-order valence-electron chi connectivity index (χ4n) is 1.32. The molecule has 102 valence electrons. The molecule has 0 saturated carbocycles. The Morgan fingerprint density at radius 2 is 2.30 bits per heavy atom. The van der Waals surface area contributed by atoms with E-state index in [2.05, 4.69) is 19.6 Å². The van der Waals surface area contributed by atoms with Crippen molar-refractivity contribution in [3.8, 4) is 5.75 Å². The van der Waals surface area contributed by atoms with Gasteiger partial charge in [-0.05, 0) is 37.3 Å². The first-order valence-electron chi connectivity index (χ1n) is 5.14. The summed E-state index contributed by atoms with van der Waals surface area (Å²) in [6.45, 7) is 1.87. The monoisotopic (exact) mass is 340 g/mol. The van der Waals surface area contributed by atoms with Crippen LogP contribution in [0.2, 0.25) is 0 Å². The maximum Gasteiger partial charge on any atom is 1.00 e. The van der Waals surface area contributed by atoms with E-state index in [1.165, 1.54) is 11.3 Å². The van der Waals surface area contributed by atoms with E-state index >= 15 is 0 Å². The maximum atomic E-state index is 9.76. The molecule has 0 spiro atoms. The molecule has 1 N–H and O–H groups in total. The van der Waals surface area contributed by atoms with Crippen LogP contribution in [0.15, 0.2) is 29.2 Å². The molecule has 6 nitrogen and oxygen atoms in total. The number of hydrogen-bond acceptors (Lipinski definition) is 8. The third-order valence-corrected chi connectivity index (χ3v) is 3.90. The topological polar surface area (TPSA) is 79.4 Å². The first-order chi connectivity index (χ1) is 9.19. The maximum absolute atomic E-state index is 9.76. The molecule has 2 rings (SSSR count). The van der Waals surface area contributed by atoms with Gasteiger partial charge < -0.3 is 9.99 Å². The molecule has 0 amide bonds. The van der Waals surface area contributed by atoms with E-state index < -0.39 is 0 Å². The predicted octanol–water partition coefficient (Wildman–Crippen LogP) is -0.425.